The number of amides is 1. The van der Waals surface area contributed by atoms with Crippen LogP contribution in [0.25, 0.3) is 0 Å². The quantitative estimate of drug-likeness (QED) is 0.837. The molecule has 1 aliphatic rings. The van der Waals surface area contributed by atoms with Gasteiger partial charge in [0, 0.05) is 18.7 Å². The van der Waals surface area contributed by atoms with Gasteiger partial charge in [0.05, 0.1) is 11.6 Å². The van der Waals surface area contributed by atoms with Crippen LogP contribution in [0.5, 0.6) is 5.75 Å². The van der Waals surface area contributed by atoms with Crippen molar-refractivity contribution in [2.24, 2.45) is 5.92 Å². The summed E-state index contributed by atoms with van der Waals surface area (Å²) in [5, 5.41) is 3.19. The molecule has 1 saturated heterocycles. The van der Waals surface area contributed by atoms with E-state index in [2.05, 4.69) is 21.2 Å². The molecule has 2 rings (SSSR count). The third-order valence-electron chi connectivity index (χ3n) is 4.10. The first-order chi connectivity index (χ1) is 10.2. The minimum absolute atomic E-state index is 0. The van der Waals surface area contributed by atoms with E-state index >= 15 is 0 Å². The van der Waals surface area contributed by atoms with Crippen LogP contribution in [-0.2, 0) is 0 Å². The standard InChI is InChI=1S/C16H23BrN2O2.ClH/c1-18-8-5-12-6-9-19(10-7-12)16(20)13-3-4-15(21-2)14(17)11-13;/h3-4,11-12,18H,5-10H2,1-2H3;1H. The Hall–Kier alpha value is -0.780. The van der Waals surface area contributed by atoms with Gasteiger partial charge in [-0.05, 0) is 72.9 Å². The maximum atomic E-state index is 12.5. The average Bonchev–Trinajstić information content (AvgIpc) is 2.52. The molecule has 0 aliphatic carbocycles. The fourth-order valence-electron chi connectivity index (χ4n) is 2.76. The number of methoxy groups -OCH3 is 1. The van der Waals surface area contributed by atoms with E-state index < -0.39 is 0 Å². The van der Waals surface area contributed by atoms with Crippen LogP contribution in [-0.4, -0.2) is 44.6 Å². The van der Waals surface area contributed by atoms with E-state index in [0.717, 1.165) is 54.2 Å². The number of rotatable bonds is 5. The van der Waals surface area contributed by atoms with Crippen molar-refractivity contribution < 1.29 is 9.53 Å². The van der Waals surface area contributed by atoms with E-state index in [-0.39, 0.29) is 18.3 Å². The number of nitrogens with one attached hydrogen (secondary N) is 1. The fourth-order valence-corrected chi connectivity index (χ4v) is 3.30. The van der Waals surface area contributed by atoms with Gasteiger partial charge in [-0.3, -0.25) is 4.79 Å². The highest BCUT2D eigenvalue weighted by atomic mass is 79.9. The highest BCUT2D eigenvalue weighted by Gasteiger charge is 2.23. The normalized spacial score (nSPS) is 15.3. The summed E-state index contributed by atoms with van der Waals surface area (Å²) in [5.74, 6) is 1.60. The van der Waals surface area contributed by atoms with Crippen LogP contribution in [0.4, 0.5) is 0 Å². The number of piperidine rings is 1. The first-order valence-corrected chi connectivity index (χ1v) is 8.22. The summed E-state index contributed by atoms with van der Waals surface area (Å²) < 4.78 is 6.02. The average molecular weight is 392 g/mol. The number of carbonyl (C=O) groups excluding carboxylic acids is 1. The molecule has 0 aromatic heterocycles. The van der Waals surface area contributed by atoms with E-state index in [9.17, 15) is 4.79 Å². The first kappa shape index (κ1) is 19.3. The maximum Gasteiger partial charge on any atom is 0.253 e. The molecule has 124 valence electrons. The lowest BCUT2D eigenvalue weighted by molar-refractivity contribution is 0.0687. The van der Waals surface area contributed by atoms with E-state index in [1.165, 1.54) is 6.42 Å². The largest absolute Gasteiger partial charge is 0.496 e. The molecular formula is C16H24BrClN2O2. The number of carbonyl (C=O) groups is 1. The Morgan fingerprint density at radius 3 is 2.64 bits per heavy atom. The number of nitrogens with zero attached hydrogens (tertiary/aromatic N) is 1. The second-order valence-corrected chi connectivity index (χ2v) is 6.33. The summed E-state index contributed by atoms with van der Waals surface area (Å²) in [7, 11) is 3.61. The Labute approximate surface area is 147 Å². The molecule has 1 aromatic rings. The minimum Gasteiger partial charge on any atom is -0.496 e. The molecule has 0 spiro atoms. The Morgan fingerprint density at radius 2 is 2.09 bits per heavy atom. The van der Waals surface area contributed by atoms with E-state index in [4.69, 9.17) is 4.74 Å². The number of likely N-dealkylation sites (tertiary alicyclic amines) is 1. The molecular weight excluding hydrogens is 368 g/mol. The molecule has 1 aliphatic heterocycles. The molecule has 1 aromatic carbocycles. The fraction of sp³-hybridized carbons (Fsp3) is 0.562. The third kappa shape index (κ3) is 4.86. The van der Waals surface area contributed by atoms with Crippen molar-refractivity contribution in [3.8, 4) is 5.75 Å². The molecule has 1 heterocycles. The predicted octanol–water partition coefficient (Wildman–Crippen LogP) is 3.34. The smallest absolute Gasteiger partial charge is 0.253 e. The van der Waals surface area contributed by atoms with Crippen LogP contribution in [0.3, 0.4) is 0 Å². The second-order valence-electron chi connectivity index (χ2n) is 5.48. The van der Waals surface area contributed by atoms with Crippen LogP contribution in [0, 0.1) is 5.92 Å². The van der Waals surface area contributed by atoms with Crippen molar-refractivity contribution in [3.63, 3.8) is 0 Å². The van der Waals surface area contributed by atoms with Crippen molar-refractivity contribution in [2.45, 2.75) is 19.3 Å². The van der Waals surface area contributed by atoms with Crippen molar-refractivity contribution in [2.75, 3.05) is 33.8 Å². The van der Waals surface area contributed by atoms with Crippen LogP contribution < -0.4 is 10.1 Å². The van der Waals surface area contributed by atoms with E-state index in [0.29, 0.717) is 0 Å². The topological polar surface area (TPSA) is 41.6 Å². The lowest BCUT2D eigenvalue weighted by atomic mass is 9.93. The highest BCUT2D eigenvalue weighted by molar-refractivity contribution is 9.10. The van der Waals surface area contributed by atoms with E-state index in [1.807, 2.05) is 30.1 Å². The number of halogens is 2. The summed E-state index contributed by atoms with van der Waals surface area (Å²) in [6, 6.07) is 5.50. The van der Waals surface area contributed by atoms with Gasteiger partial charge in [-0.1, -0.05) is 0 Å². The molecule has 1 fully saturated rings. The SMILES string of the molecule is CNCCC1CCN(C(=O)c2ccc(OC)c(Br)c2)CC1.Cl. The molecule has 0 radical (unpaired) electrons. The summed E-state index contributed by atoms with van der Waals surface area (Å²) in [5.41, 5.74) is 0.719. The number of ether oxygens (including phenoxy) is 1. The van der Waals surface area contributed by atoms with Crippen LogP contribution >= 0.6 is 28.3 Å². The molecule has 0 bridgehead atoms. The zero-order chi connectivity index (χ0) is 15.2. The van der Waals surface area contributed by atoms with Gasteiger partial charge in [-0.2, -0.15) is 0 Å². The molecule has 4 nitrogen and oxygen atoms in total. The summed E-state index contributed by atoms with van der Waals surface area (Å²) >= 11 is 3.43. The van der Waals surface area contributed by atoms with Crippen molar-refractivity contribution in [1.82, 2.24) is 10.2 Å². The number of hydrogen-bond acceptors (Lipinski definition) is 3. The Kier molecular flexibility index (Phi) is 8.21. The zero-order valence-electron chi connectivity index (χ0n) is 13.1. The predicted molar refractivity (Wildman–Crippen MR) is 95.1 cm³/mol. The molecule has 6 heteroatoms. The monoisotopic (exact) mass is 390 g/mol. The van der Waals surface area contributed by atoms with Gasteiger partial charge in [0.2, 0.25) is 0 Å². The zero-order valence-corrected chi connectivity index (χ0v) is 15.5. The lowest BCUT2D eigenvalue weighted by Crippen LogP contribution is -2.38. The van der Waals surface area contributed by atoms with Crippen molar-refractivity contribution >= 4 is 34.2 Å². The van der Waals surface area contributed by atoms with Gasteiger partial charge in [-0.15, -0.1) is 12.4 Å². The summed E-state index contributed by atoms with van der Waals surface area (Å²) in [6.07, 6.45) is 3.40. The minimum atomic E-state index is 0. The third-order valence-corrected chi connectivity index (χ3v) is 4.72. The van der Waals surface area contributed by atoms with Gasteiger partial charge in [0.15, 0.2) is 0 Å². The summed E-state index contributed by atoms with van der Waals surface area (Å²) in [6.45, 7) is 2.78. The Morgan fingerprint density at radius 1 is 1.41 bits per heavy atom. The van der Waals surface area contributed by atoms with Gasteiger partial charge in [0.25, 0.3) is 5.91 Å². The molecule has 0 saturated carbocycles. The molecule has 0 unspecified atom stereocenters. The van der Waals surface area contributed by atoms with Gasteiger partial charge in [0.1, 0.15) is 5.75 Å². The van der Waals surface area contributed by atoms with Gasteiger partial charge < -0.3 is 15.0 Å². The van der Waals surface area contributed by atoms with Crippen molar-refractivity contribution in [3.05, 3.63) is 28.2 Å². The number of benzene rings is 1. The molecule has 1 amide bonds. The first-order valence-electron chi connectivity index (χ1n) is 7.43. The Bertz CT molecular complexity index is 491. The van der Waals surface area contributed by atoms with Crippen molar-refractivity contribution in [1.29, 1.82) is 0 Å². The van der Waals surface area contributed by atoms with Crippen LogP contribution in [0.2, 0.25) is 0 Å². The Balaban J connectivity index is 0.00000242. The highest BCUT2D eigenvalue weighted by Crippen LogP contribution is 2.27. The van der Waals surface area contributed by atoms with Gasteiger partial charge >= 0.3 is 0 Å². The lowest BCUT2D eigenvalue weighted by Gasteiger charge is -2.32. The second kappa shape index (κ2) is 9.38. The van der Waals surface area contributed by atoms with Gasteiger partial charge in [-0.25, -0.2) is 0 Å². The van der Waals surface area contributed by atoms with E-state index in [1.54, 1.807) is 7.11 Å². The molecule has 1 N–H and O–H groups in total. The van der Waals surface area contributed by atoms with Crippen LogP contribution in [0.15, 0.2) is 22.7 Å². The molecule has 22 heavy (non-hydrogen) atoms. The molecule has 0 atom stereocenters. The number of hydrogen-bond donors (Lipinski definition) is 1. The maximum absolute atomic E-state index is 12.5. The van der Waals surface area contributed by atoms with Crippen LogP contribution in [0.1, 0.15) is 29.6 Å². The summed E-state index contributed by atoms with van der Waals surface area (Å²) in [4.78, 5) is 14.5.